The van der Waals surface area contributed by atoms with Crippen molar-refractivity contribution in [1.29, 1.82) is 0 Å². The first-order chi connectivity index (χ1) is 12.1. The van der Waals surface area contributed by atoms with Crippen molar-refractivity contribution in [2.45, 2.75) is 50.6 Å². The van der Waals surface area contributed by atoms with E-state index < -0.39 is 0 Å². The van der Waals surface area contributed by atoms with Gasteiger partial charge in [-0.15, -0.1) is 0 Å². The molecule has 1 saturated heterocycles. The Hall–Kier alpha value is -1.75. The summed E-state index contributed by atoms with van der Waals surface area (Å²) in [6.45, 7) is 7.61. The second-order valence-electron chi connectivity index (χ2n) is 7.79. The van der Waals surface area contributed by atoms with Crippen molar-refractivity contribution in [2.75, 3.05) is 38.5 Å². The lowest BCUT2D eigenvalue weighted by Crippen LogP contribution is -2.56. The number of likely N-dealkylation sites (N-methyl/N-ethyl adjacent to an activating group) is 1. The number of hydrogen-bond acceptors (Lipinski definition) is 3. The number of fused-ring (bicyclic) bond motifs is 2. The summed E-state index contributed by atoms with van der Waals surface area (Å²) in [5.41, 5.74) is 4.39. The normalized spacial score (nSPS) is 30.2. The second-order valence-corrected chi connectivity index (χ2v) is 7.79. The standard InChI is InChI=1S/C20H30N4O/c1-4-24(5-2)20(25)22-14-10-16-15-7-6-8-17-19(15)13(11-21-17)9-18(16)23(3)12-14/h6-8,13-14,16,18,21H,4-5,9-12H2,1-3H3,(H,22,25)/t13?,14-,16-,18-/m1/s1. The van der Waals surface area contributed by atoms with E-state index in [1.165, 1.54) is 17.7 Å². The number of nitrogens with zero attached hydrogens (tertiary/aromatic N) is 2. The van der Waals surface area contributed by atoms with E-state index in [1.54, 1.807) is 5.56 Å². The zero-order valence-electron chi connectivity index (χ0n) is 15.6. The van der Waals surface area contributed by atoms with Gasteiger partial charge >= 0.3 is 6.03 Å². The third kappa shape index (κ3) is 2.78. The molecular weight excluding hydrogens is 312 g/mol. The minimum atomic E-state index is 0.0792. The van der Waals surface area contributed by atoms with Crippen LogP contribution in [0.1, 0.15) is 49.7 Å². The zero-order chi connectivity index (χ0) is 17.6. The molecule has 4 atom stereocenters. The van der Waals surface area contributed by atoms with Crippen LogP contribution in [0.5, 0.6) is 0 Å². The van der Waals surface area contributed by atoms with Crippen LogP contribution >= 0.6 is 0 Å². The summed E-state index contributed by atoms with van der Waals surface area (Å²) in [6, 6.07) is 7.61. The second kappa shape index (κ2) is 6.52. The molecule has 2 amide bonds. The van der Waals surface area contributed by atoms with Gasteiger partial charge in [0.15, 0.2) is 0 Å². The summed E-state index contributed by atoms with van der Waals surface area (Å²) in [5, 5.41) is 6.87. The molecule has 1 aromatic rings. The van der Waals surface area contributed by atoms with E-state index in [0.29, 0.717) is 17.9 Å². The fraction of sp³-hybridized carbons (Fsp3) is 0.650. The van der Waals surface area contributed by atoms with Crippen LogP contribution in [-0.4, -0.2) is 61.1 Å². The van der Waals surface area contributed by atoms with E-state index in [-0.39, 0.29) is 12.1 Å². The van der Waals surface area contributed by atoms with Crippen LogP contribution in [0, 0.1) is 0 Å². The van der Waals surface area contributed by atoms with Gasteiger partial charge in [0.1, 0.15) is 0 Å². The van der Waals surface area contributed by atoms with Gasteiger partial charge in [-0.25, -0.2) is 4.79 Å². The van der Waals surface area contributed by atoms with Gasteiger partial charge in [0.2, 0.25) is 0 Å². The number of urea groups is 1. The minimum Gasteiger partial charge on any atom is -0.384 e. The summed E-state index contributed by atoms with van der Waals surface area (Å²) in [4.78, 5) is 16.8. The molecule has 3 aliphatic rings. The molecule has 4 rings (SSSR count). The van der Waals surface area contributed by atoms with Gasteiger partial charge in [-0.1, -0.05) is 12.1 Å². The molecule has 1 unspecified atom stereocenters. The van der Waals surface area contributed by atoms with Gasteiger partial charge in [-0.3, -0.25) is 0 Å². The Morgan fingerprint density at radius 1 is 1.32 bits per heavy atom. The Labute approximate surface area is 150 Å². The predicted molar refractivity (Wildman–Crippen MR) is 101 cm³/mol. The molecule has 1 aliphatic carbocycles. The predicted octanol–water partition coefficient (Wildman–Crippen LogP) is 2.81. The summed E-state index contributed by atoms with van der Waals surface area (Å²) in [5.74, 6) is 1.17. The lowest BCUT2D eigenvalue weighted by atomic mass is 9.70. The Balaban J connectivity index is 1.56. The van der Waals surface area contributed by atoms with Crippen LogP contribution in [0.15, 0.2) is 18.2 Å². The van der Waals surface area contributed by atoms with Crippen LogP contribution in [0.25, 0.3) is 0 Å². The van der Waals surface area contributed by atoms with Gasteiger partial charge < -0.3 is 20.4 Å². The van der Waals surface area contributed by atoms with Crippen LogP contribution in [-0.2, 0) is 0 Å². The van der Waals surface area contributed by atoms with Gasteiger partial charge in [0.25, 0.3) is 0 Å². The molecule has 0 bridgehead atoms. The van der Waals surface area contributed by atoms with Crippen LogP contribution in [0.3, 0.4) is 0 Å². The van der Waals surface area contributed by atoms with E-state index >= 15 is 0 Å². The van der Waals surface area contributed by atoms with Crippen molar-refractivity contribution in [3.05, 3.63) is 29.3 Å². The molecule has 5 nitrogen and oxygen atoms in total. The summed E-state index contributed by atoms with van der Waals surface area (Å²) < 4.78 is 0. The smallest absolute Gasteiger partial charge is 0.317 e. The lowest BCUT2D eigenvalue weighted by Gasteiger charge is -2.47. The maximum atomic E-state index is 12.5. The fourth-order valence-electron chi connectivity index (χ4n) is 5.23. The van der Waals surface area contributed by atoms with Crippen molar-refractivity contribution in [3.8, 4) is 0 Å². The van der Waals surface area contributed by atoms with E-state index in [0.717, 1.165) is 32.6 Å². The topological polar surface area (TPSA) is 47.6 Å². The molecule has 2 aliphatic heterocycles. The minimum absolute atomic E-state index is 0.0792. The molecule has 1 fully saturated rings. The van der Waals surface area contributed by atoms with Gasteiger partial charge in [0, 0.05) is 55.8 Å². The first-order valence-electron chi connectivity index (χ1n) is 9.74. The monoisotopic (exact) mass is 342 g/mol. The number of benzene rings is 1. The van der Waals surface area contributed by atoms with Gasteiger partial charge in [-0.05, 0) is 50.9 Å². The summed E-state index contributed by atoms with van der Waals surface area (Å²) in [7, 11) is 2.23. The Kier molecular flexibility index (Phi) is 4.36. The highest BCUT2D eigenvalue weighted by Crippen LogP contribution is 2.49. The van der Waals surface area contributed by atoms with Crippen LogP contribution in [0.2, 0.25) is 0 Å². The average molecular weight is 342 g/mol. The van der Waals surface area contributed by atoms with E-state index in [2.05, 4.69) is 40.8 Å². The SMILES string of the molecule is CCN(CC)C(=O)N[C@@H]1C[C@@H]2c3cccc4c3C(CN4)C[C@H]2N(C)C1. The molecule has 136 valence electrons. The van der Waals surface area contributed by atoms with Crippen molar-refractivity contribution in [2.24, 2.45) is 0 Å². The molecule has 0 radical (unpaired) electrons. The van der Waals surface area contributed by atoms with Gasteiger partial charge in [-0.2, -0.15) is 0 Å². The quantitative estimate of drug-likeness (QED) is 0.888. The number of likely N-dealkylation sites (tertiary alicyclic amines) is 1. The Morgan fingerprint density at radius 3 is 2.88 bits per heavy atom. The molecule has 25 heavy (non-hydrogen) atoms. The zero-order valence-corrected chi connectivity index (χ0v) is 15.6. The third-order valence-electron chi connectivity index (χ3n) is 6.47. The van der Waals surface area contributed by atoms with Crippen molar-refractivity contribution < 1.29 is 4.79 Å². The number of piperidine rings is 1. The van der Waals surface area contributed by atoms with Crippen molar-refractivity contribution in [1.82, 2.24) is 15.1 Å². The highest BCUT2D eigenvalue weighted by molar-refractivity contribution is 5.74. The highest BCUT2D eigenvalue weighted by atomic mass is 16.2. The average Bonchev–Trinajstić information content (AvgIpc) is 3.02. The number of anilines is 1. The third-order valence-corrected chi connectivity index (χ3v) is 6.47. The Morgan fingerprint density at radius 2 is 2.12 bits per heavy atom. The fourth-order valence-corrected chi connectivity index (χ4v) is 5.23. The molecule has 2 N–H and O–H groups in total. The van der Waals surface area contributed by atoms with E-state index in [4.69, 9.17) is 0 Å². The number of hydrogen-bond donors (Lipinski definition) is 2. The molecule has 0 saturated carbocycles. The number of rotatable bonds is 3. The number of carbonyl (C=O) groups excluding carboxylic acids is 1. The molecule has 5 heteroatoms. The van der Waals surface area contributed by atoms with Crippen molar-refractivity contribution >= 4 is 11.7 Å². The number of nitrogens with one attached hydrogen (secondary N) is 2. The largest absolute Gasteiger partial charge is 0.384 e. The number of carbonyl (C=O) groups is 1. The van der Waals surface area contributed by atoms with E-state index in [1.807, 2.05) is 18.7 Å². The molecular formula is C20H30N4O. The summed E-state index contributed by atoms with van der Waals surface area (Å²) in [6.07, 6.45) is 2.28. The van der Waals surface area contributed by atoms with Gasteiger partial charge in [0.05, 0.1) is 0 Å². The highest BCUT2D eigenvalue weighted by Gasteiger charge is 2.44. The van der Waals surface area contributed by atoms with E-state index in [9.17, 15) is 4.79 Å². The first kappa shape index (κ1) is 16.7. The maximum Gasteiger partial charge on any atom is 0.317 e. The lowest BCUT2D eigenvalue weighted by molar-refractivity contribution is 0.108. The Bertz CT molecular complexity index is 657. The van der Waals surface area contributed by atoms with Crippen LogP contribution < -0.4 is 10.6 Å². The summed E-state index contributed by atoms with van der Waals surface area (Å²) >= 11 is 0. The molecule has 0 aromatic heterocycles. The number of amides is 2. The molecule has 2 heterocycles. The first-order valence-corrected chi connectivity index (χ1v) is 9.74. The van der Waals surface area contributed by atoms with Crippen LogP contribution in [0.4, 0.5) is 10.5 Å². The van der Waals surface area contributed by atoms with Crippen molar-refractivity contribution in [3.63, 3.8) is 0 Å². The molecule has 0 spiro atoms. The maximum absolute atomic E-state index is 12.5. The molecule has 1 aromatic carbocycles.